The highest BCUT2D eigenvalue weighted by molar-refractivity contribution is 5.63. The van der Waals surface area contributed by atoms with Crippen LogP contribution in [0.3, 0.4) is 0 Å². The molecule has 3 nitrogen and oxygen atoms in total. The fourth-order valence-electron chi connectivity index (χ4n) is 4.09. The van der Waals surface area contributed by atoms with Crippen molar-refractivity contribution in [2.24, 2.45) is 0 Å². The summed E-state index contributed by atoms with van der Waals surface area (Å²) in [4.78, 5) is 2.27. The molecule has 0 saturated carbocycles. The second-order valence-electron chi connectivity index (χ2n) is 7.55. The molecule has 2 aromatic rings. The SMILES string of the molecule is CCN1CC2=C(OC(C)=C(C#N)[C@@H]2c2ccc(F)cc2)/C(=C/c2ccc(F)cc2)C1. The number of benzene rings is 2. The molecule has 2 aromatic carbocycles. The number of rotatable bonds is 3. The van der Waals surface area contributed by atoms with E-state index >= 15 is 0 Å². The average molecular weight is 404 g/mol. The van der Waals surface area contributed by atoms with Gasteiger partial charge in [-0.1, -0.05) is 31.2 Å². The number of halogens is 2. The Morgan fingerprint density at radius 1 is 1.07 bits per heavy atom. The third-order valence-electron chi connectivity index (χ3n) is 5.62. The predicted molar refractivity (Wildman–Crippen MR) is 112 cm³/mol. The van der Waals surface area contributed by atoms with Crippen LogP contribution in [0.5, 0.6) is 0 Å². The smallest absolute Gasteiger partial charge is 0.132 e. The summed E-state index contributed by atoms with van der Waals surface area (Å²) in [5.74, 6) is 0.439. The van der Waals surface area contributed by atoms with Crippen LogP contribution < -0.4 is 0 Å². The van der Waals surface area contributed by atoms with E-state index in [-0.39, 0.29) is 17.6 Å². The molecule has 0 N–H and O–H groups in total. The minimum absolute atomic E-state index is 0.279. The Bertz CT molecular complexity index is 1090. The number of nitriles is 1. The lowest BCUT2D eigenvalue weighted by atomic mass is 9.79. The maximum atomic E-state index is 13.5. The first kappa shape index (κ1) is 20.1. The standard InChI is InChI=1S/C25H22F2N2O/c1-3-29-14-19(12-17-4-8-20(26)9-5-17)25-23(15-29)24(22(13-28)16(2)30-25)18-6-10-21(27)11-7-18/h4-12,24H,3,14-15H2,1-2H3/b19-12+/t24-/m0/s1. The van der Waals surface area contributed by atoms with Gasteiger partial charge in [0.1, 0.15) is 23.2 Å². The lowest BCUT2D eigenvalue weighted by molar-refractivity contribution is 0.242. The largest absolute Gasteiger partial charge is 0.461 e. The van der Waals surface area contributed by atoms with E-state index in [0.717, 1.165) is 34.6 Å². The number of hydrogen-bond acceptors (Lipinski definition) is 3. The molecule has 0 spiro atoms. The monoisotopic (exact) mass is 404 g/mol. The van der Waals surface area contributed by atoms with Crippen molar-refractivity contribution >= 4 is 6.08 Å². The highest BCUT2D eigenvalue weighted by atomic mass is 19.1. The van der Waals surface area contributed by atoms with Gasteiger partial charge in [-0.3, -0.25) is 4.90 Å². The zero-order chi connectivity index (χ0) is 21.3. The molecular weight excluding hydrogens is 382 g/mol. The van der Waals surface area contributed by atoms with E-state index < -0.39 is 0 Å². The molecule has 30 heavy (non-hydrogen) atoms. The molecule has 152 valence electrons. The van der Waals surface area contributed by atoms with Crippen molar-refractivity contribution in [3.8, 4) is 6.07 Å². The summed E-state index contributed by atoms with van der Waals surface area (Å²) in [6.45, 7) is 6.06. The molecule has 0 amide bonds. The van der Waals surface area contributed by atoms with Crippen LogP contribution in [0.25, 0.3) is 6.08 Å². The molecule has 0 radical (unpaired) electrons. The van der Waals surface area contributed by atoms with Crippen molar-refractivity contribution in [2.75, 3.05) is 19.6 Å². The molecule has 2 aliphatic heterocycles. The Morgan fingerprint density at radius 2 is 1.70 bits per heavy atom. The van der Waals surface area contributed by atoms with Crippen molar-refractivity contribution < 1.29 is 13.5 Å². The van der Waals surface area contributed by atoms with E-state index in [9.17, 15) is 14.0 Å². The summed E-state index contributed by atoms with van der Waals surface area (Å²) < 4.78 is 33.0. The Kier molecular flexibility index (Phi) is 5.52. The molecule has 4 rings (SSSR count). The highest BCUT2D eigenvalue weighted by Gasteiger charge is 2.36. The Morgan fingerprint density at radius 3 is 2.30 bits per heavy atom. The maximum Gasteiger partial charge on any atom is 0.132 e. The summed E-state index contributed by atoms with van der Waals surface area (Å²) >= 11 is 0. The molecule has 2 heterocycles. The molecular formula is C25H22F2N2O. The average Bonchev–Trinajstić information content (AvgIpc) is 2.75. The first-order valence-corrected chi connectivity index (χ1v) is 9.96. The minimum Gasteiger partial charge on any atom is -0.461 e. The molecule has 1 atom stereocenters. The minimum atomic E-state index is -0.310. The number of nitrogens with zero attached hydrogens (tertiary/aromatic N) is 2. The van der Waals surface area contributed by atoms with Crippen LogP contribution in [0, 0.1) is 23.0 Å². The van der Waals surface area contributed by atoms with Gasteiger partial charge in [0.25, 0.3) is 0 Å². The maximum absolute atomic E-state index is 13.5. The lowest BCUT2D eigenvalue weighted by Gasteiger charge is -2.38. The molecule has 0 aromatic heterocycles. The number of likely N-dealkylation sites (N-methyl/N-ethyl adjacent to an activating group) is 1. The number of ether oxygens (including phenoxy) is 1. The van der Waals surface area contributed by atoms with Crippen LogP contribution in [-0.4, -0.2) is 24.5 Å². The fraction of sp³-hybridized carbons (Fsp3) is 0.240. The second kappa shape index (κ2) is 8.25. The van der Waals surface area contributed by atoms with Crippen molar-refractivity contribution in [1.82, 2.24) is 4.90 Å². The van der Waals surface area contributed by atoms with Crippen molar-refractivity contribution in [2.45, 2.75) is 19.8 Å². The van der Waals surface area contributed by atoms with Crippen LogP contribution in [-0.2, 0) is 4.74 Å². The Balaban J connectivity index is 1.86. The van der Waals surface area contributed by atoms with Gasteiger partial charge in [0, 0.05) is 24.6 Å². The van der Waals surface area contributed by atoms with Crippen LogP contribution in [0.15, 0.2) is 76.8 Å². The summed E-state index contributed by atoms with van der Waals surface area (Å²) in [6, 6.07) is 14.9. The Hall–Kier alpha value is -3.23. The highest BCUT2D eigenvalue weighted by Crippen LogP contribution is 2.44. The third-order valence-corrected chi connectivity index (χ3v) is 5.62. The quantitative estimate of drug-likeness (QED) is 0.673. The van der Waals surface area contributed by atoms with Gasteiger partial charge in [0.15, 0.2) is 0 Å². The summed E-state index contributed by atoms with van der Waals surface area (Å²) in [6.07, 6.45) is 2.00. The van der Waals surface area contributed by atoms with Crippen LogP contribution >= 0.6 is 0 Å². The first-order chi connectivity index (χ1) is 14.5. The van der Waals surface area contributed by atoms with Crippen LogP contribution in [0.2, 0.25) is 0 Å². The third kappa shape index (κ3) is 3.79. The molecule has 0 bridgehead atoms. The van der Waals surface area contributed by atoms with Crippen molar-refractivity contribution in [3.63, 3.8) is 0 Å². The van der Waals surface area contributed by atoms with Gasteiger partial charge >= 0.3 is 0 Å². The normalized spacial score (nSPS) is 20.8. The van der Waals surface area contributed by atoms with Gasteiger partial charge in [-0.2, -0.15) is 5.26 Å². The van der Waals surface area contributed by atoms with Gasteiger partial charge < -0.3 is 4.74 Å². The Labute approximate surface area is 175 Å². The van der Waals surface area contributed by atoms with Gasteiger partial charge in [0.05, 0.1) is 11.6 Å². The molecule has 2 aliphatic rings. The van der Waals surface area contributed by atoms with E-state index in [2.05, 4.69) is 17.9 Å². The van der Waals surface area contributed by atoms with E-state index in [1.807, 2.05) is 6.08 Å². The molecule has 0 saturated heterocycles. The van der Waals surface area contributed by atoms with Gasteiger partial charge in [-0.15, -0.1) is 0 Å². The molecule has 5 heteroatoms. The van der Waals surface area contributed by atoms with Crippen molar-refractivity contribution in [1.29, 1.82) is 5.26 Å². The van der Waals surface area contributed by atoms with E-state index in [1.165, 1.54) is 24.3 Å². The zero-order valence-corrected chi connectivity index (χ0v) is 17.0. The van der Waals surface area contributed by atoms with Crippen LogP contribution in [0.4, 0.5) is 8.78 Å². The number of hydrogen-bond donors (Lipinski definition) is 0. The first-order valence-electron chi connectivity index (χ1n) is 9.96. The van der Waals surface area contributed by atoms with E-state index in [1.54, 1.807) is 31.2 Å². The van der Waals surface area contributed by atoms with Crippen molar-refractivity contribution in [3.05, 3.63) is 99.5 Å². The molecule has 0 unspecified atom stereocenters. The van der Waals surface area contributed by atoms with Crippen LogP contribution in [0.1, 0.15) is 30.9 Å². The molecule has 0 aliphatic carbocycles. The second-order valence-corrected chi connectivity index (χ2v) is 7.55. The fourth-order valence-corrected chi connectivity index (χ4v) is 4.09. The molecule has 0 fully saturated rings. The van der Waals surface area contributed by atoms with E-state index in [4.69, 9.17) is 4.74 Å². The van der Waals surface area contributed by atoms with Gasteiger partial charge in [0.2, 0.25) is 0 Å². The van der Waals surface area contributed by atoms with Gasteiger partial charge in [-0.25, -0.2) is 8.78 Å². The number of allylic oxidation sites excluding steroid dienone is 2. The van der Waals surface area contributed by atoms with E-state index in [0.29, 0.717) is 24.4 Å². The lowest BCUT2D eigenvalue weighted by Crippen LogP contribution is -2.37. The zero-order valence-electron chi connectivity index (χ0n) is 17.0. The van der Waals surface area contributed by atoms with Gasteiger partial charge in [-0.05, 0) is 60.5 Å². The summed E-state index contributed by atoms with van der Waals surface area (Å²) in [7, 11) is 0. The topological polar surface area (TPSA) is 36.3 Å². The summed E-state index contributed by atoms with van der Waals surface area (Å²) in [5, 5.41) is 9.84. The predicted octanol–water partition coefficient (Wildman–Crippen LogP) is 5.55. The summed E-state index contributed by atoms with van der Waals surface area (Å²) in [5.41, 5.74) is 4.26.